The van der Waals surface area contributed by atoms with Crippen LogP contribution in [0.25, 0.3) is 0 Å². The molecular formula is C13H19N7O. The number of carbonyl (C=O) groups is 1. The maximum absolute atomic E-state index is 12.3. The first kappa shape index (κ1) is 14.9. The van der Waals surface area contributed by atoms with Crippen molar-refractivity contribution in [2.75, 3.05) is 17.2 Å². The van der Waals surface area contributed by atoms with E-state index in [9.17, 15) is 4.79 Å². The van der Waals surface area contributed by atoms with Crippen LogP contribution in [0, 0.1) is 0 Å². The lowest BCUT2D eigenvalue weighted by Gasteiger charge is -2.11. The molecule has 0 aromatic carbocycles. The first-order chi connectivity index (χ1) is 9.99. The number of aryl methyl sites for hydroxylation is 1. The van der Waals surface area contributed by atoms with Gasteiger partial charge < -0.3 is 5.32 Å². The van der Waals surface area contributed by atoms with E-state index in [-0.39, 0.29) is 17.8 Å². The number of carbonyl (C=O) groups excluding carboxylic acids is 1. The predicted molar refractivity (Wildman–Crippen MR) is 79.2 cm³/mol. The van der Waals surface area contributed by atoms with Crippen LogP contribution < -0.4 is 10.6 Å². The van der Waals surface area contributed by atoms with Crippen molar-refractivity contribution in [3.63, 3.8) is 0 Å². The van der Waals surface area contributed by atoms with Gasteiger partial charge in [0.1, 0.15) is 5.82 Å². The van der Waals surface area contributed by atoms with Crippen molar-refractivity contribution < 1.29 is 4.79 Å². The molecule has 0 atom stereocenters. The van der Waals surface area contributed by atoms with Crippen LogP contribution in [-0.2, 0) is 7.05 Å². The summed E-state index contributed by atoms with van der Waals surface area (Å²) in [6, 6.07) is 3.48. The quantitative estimate of drug-likeness (QED) is 0.863. The van der Waals surface area contributed by atoms with Gasteiger partial charge >= 0.3 is 0 Å². The second kappa shape index (κ2) is 6.29. The van der Waals surface area contributed by atoms with Crippen molar-refractivity contribution in [3.05, 3.63) is 23.4 Å². The van der Waals surface area contributed by atoms with E-state index in [1.165, 1.54) is 4.80 Å². The number of anilines is 2. The van der Waals surface area contributed by atoms with Crippen LogP contribution in [0.1, 0.15) is 42.7 Å². The Bertz CT molecular complexity index is 635. The third kappa shape index (κ3) is 3.74. The van der Waals surface area contributed by atoms with E-state index in [1.807, 2.05) is 20.8 Å². The van der Waals surface area contributed by atoms with Gasteiger partial charge in [0.05, 0.1) is 7.05 Å². The fourth-order valence-corrected chi connectivity index (χ4v) is 1.76. The van der Waals surface area contributed by atoms with Gasteiger partial charge in [0.25, 0.3) is 11.9 Å². The molecule has 2 N–H and O–H groups in total. The molecular weight excluding hydrogens is 270 g/mol. The molecule has 0 aliphatic heterocycles. The number of rotatable bonds is 5. The molecule has 2 aromatic rings. The Kier molecular flexibility index (Phi) is 4.46. The van der Waals surface area contributed by atoms with Crippen molar-refractivity contribution in [2.45, 2.75) is 26.7 Å². The Hall–Kier alpha value is -2.51. The third-order valence-electron chi connectivity index (χ3n) is 2.79. The fourth-order valence-electron chi connectivity index (χ4n) is 1.76. The summed E-state index contributed by atoms with van der Waals surface area (Å²) in [5.74, 6) is 0.799. The van der Waals surface area contributed by atoms with Gasteiger partial charge in [-0.2, -0.15) is 4.80 Å². The molecule has 8 nitrogen and oxygen atoms in total. The Morgan fingerprint density at radius 1 is 1.38 bits per heavy atom. The zero-order valence-corrected chi connectivity index (χ0v) is 12.6. The van der Waals surface area contributed by atoms with E-state index in [0.29, 0.717) is 11.4 Å². The first-order valence-electron chi connectivity index (χ1n) is 6.80. The van der Waals surface area contributed by atoms with E-state index in [0.717, 1.165) is 12.2 Å². The van der Waals surface area contributed by atoms with Gasteiger partial charge in [0, 0.05) is 17.8 Å². The van der Waals surface area contributed by atoms with Crippen molar-refractivity contribution in [1.82, 2.24) is 25.2 Å². The molecule has 0 spiro atoms. The second-order valence-corrected chi connectivity index (χ2v) is 4.91. The van der Waals surface area contributed by atoms with Gasteiger partial charge in [-0.15, -0.1) is 5.10 Å². The molecule has 0 saturated heterocycles. The maximum atomic E-state index is 12.3. The van der Waals surface area contributed by atoms with Gasteiger partial charge in [-0.25, -0.2) is 4.98 Å². The lowest BCUT2D eigenvalue weighted by molar-refractivity contribution is 0.102. The van der Waals surface area contributed by atoms with E-state index in [1.54, 1.807) is 19.2 Å². The summed E-state index contributed by atoms with van der Waals surface area (Å²) < 4.78 is 0. The van der Waals surface area contributed by atoms with Crippen LogP contribution >= 0.6 is 0 Å². The molecule has 0 bridgehead atoms. The smallest absolute Gasteiger partial charge is 0.270 e. The zero-order chi connectivity index (χ0) is 15.4. The Labute approximate surface area is 123 Å². The molecule has 2 rings (SSSR count). The normalized spacial score (nSPS) is 10.7. The van der Waals surface area contributed by atoms with Crippen LogP contribution in [0.4, 0.5) is 11.8 Å². The molecule has 8 heteroatoms. The summed E-state index contributed by atoms with van der Waals surface area (Å²) >= 11 is 0. The summed E-state index contributed by atoms with van der Waals surface area (Å²) in [7, 11) is 1.63. The van der Waals surface area contributed by atoms with E-state index < -0.39 is 0 Å². The highest BCUT2D eigenvalue weighted by Crippen LogP contribution is 2.18. The summed E-state index contributed by atoms with van der Waals surface area (Å²) in [5, 5.41) is 17.1. The minimum atomic E-state index is -0.286. The standard InChI is InChI=1S/C13H19N7O/c1-5-14-11-7-9(6-10(15-11)8(2)3)12(21)16-13-17-19-20(4)18-13/h6-8H,5H2,1-4H3,(H,14,15)(H,16,18,21). The second-order valence-electron chi connectivity index (χ2n) is 4.91. The number of tetrazole rings is 1. The van der Waals surface area contributed by atoms with Gasteiger partial charge in [-0.05, 0) is 30.2 Å². The topological polar surface area (TPSA) is 97.6 Å². The maximum Gasteiger partial charge on any atom is 0.270 e. The summed E-state index contributed by atoms with van der Waals surface area (Å²) in [5.41, 5.74) is 1.36. The molecule has 21 heavy (non-hydrogen) atoms. The highest BCUT2D eigenvalue weighted by atomic mass is 16.1. The molecule has 2 heterocycles. The molecule has 0 aliphatic carbocycles. The number of nitrogens with one attached hydrogen (secondary N) is 2. The third-order valence-corrected chi connectivity index (χ3v) is 2.79. The fraction of sp³-hybridized carbons (Fsp3) is 0.462. The molecule has 0 saturated carbocycles. The molecule has 0 unspecified atom stereocenters. The van der Waals surface area contributed by atoms with Crippen molar-refractivity contribution >= 4 is 17.7 Å². The minimum absolute atomic E-state index is 0.176. The van der Waals surface area contributed by atoms with Crippen molar-refractivity contribution in [1.29, 1.82) is 0 Å². The number of nitrogens with zero attached hydrogens (tertiary/aromatic N) is 5. The zero-order valence-electron chi connectivity index (χ0n) is 12.6. The SMILES string of the molecule is CCNc1cc(C(=O)Nc2nnn(C)n2)cc(C(C)C)n1. The van der Waals surface area contributed by atoms with Crippen molar-refractivity contribution in [2.24, 2.45) is 7.05 Å². The molecule has 0 radical (unpaired) electrons. The lowest BCUT2D eigenvalue weighted by atomic mass is 10.1. The number of hydrogen-bond donors (Lipinski definition) is 2. The molecule has 2 aromatic heterocycles. The van der Waals surface area contributed by atoms with Crippen LogP contribution in [0.5, 0.6) is 0 Å². The van der Waals surface area contributed by atoms with Crippen molar-refractivity contribution in [3.8, 4) is 0 Å². The Morgan fingerprint density at radius 3 is 2.71 bits per heavy atom. The summed E-state index contributed by atoms with van der Waals surface area (Å²) in [6.07, 6.45) is 0. The number of amides is 1. The number of hydrogen-bond acceptors (Lipinski definition) is 6. The van der Waals surface area contributed by atoms with Gasteiger partial charge in [-0.1, -0.05) is 18.9 Å². The summed E-state index contributed by atoms with van der Waals surface area (Å²) in [4.78, 5) is 18.0. The van der Waals surface area contributed by atoms with Crippen LogP contribution in [0.3, 0.4) is 0 Å². The molecule has 112 valence electrons. The van der Waals surface area contributed by atoms with Gasteiger partial charge in [-0.3, -0.25) is 10.1 Å². The van der Waals surface area contributed by atoms with Crippen LogP contribution in [-0.4, -0.2) is 37.6 Å². The predicted octanol–water partition coefficient (Wildman–Crippen LogP) is 1.41. The average Bonchev–Trinajstić information content (AvgIpc) is 2.84. The van der Waals surface area contributed by atoms with Crippen LogP contribution in [0.15, 0.2) is 12.1 Å². The minimum Gasteiger partial charge on any atom is -0.370 e. The Balaban J connectivity index is 2.26. The van der Waals surface area contributed by atoms with E-state index in [2.05, 4.69) is 31.0 Å². The van der Waals surface area contributed by atoms with E-state index in [4.69, 9.17) is 0 Å². The molecule has 1 amide bonds. The highest BCUT2D eigenvalue weighted by molar-refractivity contribution is 6.03. The Morgan fingerprint density at radius 2 is 2.14 bits per heavy atom. The average molecular weight is 289 g/mol. The monoisotopic (exact) mass is 289 g/mol. The number of aromatic nitrogens is 5. The number of pyridine rings is 1. The summed E-state index contributed by atoms with van der Waals surface area (Å²) in [6.45, 7) is 6.78. The van der Waals surface area contributed by atoms with Gasteiger partial charge in [0.2, 0.25) is 0 Å². The highest BCUT2D eigenvalue weighted by Gasteiger charge is 2.13. The molecule has 0 fully saturated rings. The van der Waals surface area contributed by atoms with Crippen LogP contribution in [0.2, 0.25) is 0 Å². The first-order valence-corrected chi connectivity index (χ1v) is 6.80. The largest absolute Gasteiger partial charge is 0.370 e. The lowest BCUT2D eigenvalue weighted by Crippen LogP contribution is -2.15. The van der Waals surface area contributed by atoms with Gasteiger partial charge in [0.15, 0.2) is 0 Å². The van der Waals surface area contributed by atoms with E-state index >= 15 is 0 Å². The molecule has 0 aliphatic rings.